The van der Waals surface area contributed by atoms with E-state index < -0.39 is 0 Å². The molecular weight excluding hydrogens is 228 g/mol. The largest absolute Gasteiger partial charge is 0.493 e. The van der Waals surface area contributed by atoms with E-state index in [1.165, 1.54) is 0 Å². The van der Waals surface area contributed by atoms with E-state index in [0.29, 0.717) is 18.0 Å². The van der Waals surface area contributed by atoms with Gasteiger partial charge >= 0.3 is 0 Å². The molecular formula is C14H18N2O2. The third kappa shape index (κ3) is 4.79. The minimum Gasteiger partial charge on any atom is -0.493 e. The first-order chi connectivity index (χ1) is 8.65. The molecule has 0 spiro atoms. The summed E-state index contributed by atoms with van der Waals surface area (Å²) in [5.74, 6) is 3.06. The lowest BCUT2D eigenvalue weighted by molar-refractivity contribution is -0.121. The van der Waals surface area contributed by atoms with E-state index in [2.05, 4.69) is 11.2 Å². The number of anilines is 1. The van der Waals surface area contributed by atoms with Gasteiger partial charge in [-0.15, -0.1) is 6.42 Å². The summed E-state index contributed by atoms with van der Waals surface area (Å²) in [6, 6.07) is 6.89. The molecule has 1 unspecified atom stereocenters. The first-order valence-corrected chi connectivity index (χ1v) is 5.89. The van der Waals surface area contributed by atoms with Gasteiger partial charge < -0.3 is 15.8 Å². The maximum absolute atomic E-state index is 11.5. The van der Waals surface area contributed by atoms with Crippen LogP contribution in [0.1, 0.15) is 19.8 Å². The molecule has 0 radical (unpaired) electrons. The minimum absolute atomic E-state index is 0.108. The summed E-state index contributed by atoms with van der Waals surface area (Å²) < 4.78 is 5.41. The maximum atomic E-state index is 11.5. The van der Waals surface area contributed by atoms with E-state index in [4.69, 9.17) is 16.9 Å². The van der Waals surface area contributed by atoms with Crippen molar-refractivity contribution in [2.24, 2.45) is 0 Å². The summed E-state index contributed by atoms with van der Waals surface area (Å²) in [6.45, 7) is 2.23. The predicted molar refractivity (Wildman–Crippen MR) is 72.0 cm³/mol. The van der Waals surface area contributed by atoms with Gasteiger partial charge in [-0.25, -0.2) is 0 Å². The Labute approximate surface area is 108 Å². The topological polar surface area (TPSA) is 64.3 Å². The summed E-state index contributed by atoms with van der Waals surface area (Å²) in [5, 5.41) is 2.73. The molecule has 0 heterocycles. The Bertz CT molecular complexity index is 438. The number of benzene rings is 1. The molecule has 0 fully saturated rings. The van der Waals surface area contributed by atoms with Crippen molar-refractivity contribution in [1.82, 2.24) is 5.32 Å². The van der Waals surface area contributed by atoms with Gasteiger partial charge in [0.25, 0.3) is 0 Å². The quantitative estimate of drug-likeness (QED) is 0.591. The molecule has 96 valence electrons. The van der Waals surface area contributed by atoms with Crippen molar-refractivity contribution in [3.05, 3.63) is 24.3 Å². The zero-order chi connectivity index (χ0) is 13.4. The standard InChI is InChI=1S/C14H18N2O2/c1-3-12(4-2)16-14(17)8-9-18-13-7-5-6-11(15)10-13/h1,5-7,10,12H,4,8-9,15H2,2H3,(H,16,17). The number of carbonyl (C=O) groups excluding carboxylic acids is 1. The highest BCUT2D eigenvalue weighted by atomic mass is 16.5. The van der Waals surface area contributed by atoms with Crippen LogP contribution < -0.4 is 15.8 Å². The Morgan fingerprint density at radius 2 is 2.39 bits per heavy atom. The second kappa shape index (κ2) is 7.23. The smallest absolute Gasteiger partial charge is 0.224 e. The summed E-state index contributed by atoms with van der Waals surface area (Å²) in [4.78, 5) is 11.5. The maximum Gasteiger partial charge on any atom is 0.224 e. The number of amides is 1. The predicted octanol–water partition coefficient (Wildman–Crippen LogP) is 1.57. The van der Waals surface area contributed by atoms with Crippen molar-refractivity contribution >= 4 is 11.6 Å². The number of hydrogen-bond acceptors (Lipinski definition) is 3. The number of nitrogens with one attached hydrogen (secondary N) is 1. The molecule has 0 aliphatic rings. The van der Waals surface area contributed by atoms with Gasteiger partial charge in [-0.3, -0.25) is 4.79 Å². The molecule has 1 rings (SSSR count). The number of nitrogens with two attached hydrogens (primary N) is 1. The fraction of sp³-hybridized carbons (Fsp3) is 0.357. The fourth-order valence-electron chi connectivity index (χ4n) is 1.39. The van der Waals surface area contributed by atoms with Crippen LogP contribution in [0.3, 0.4) is 0 Å². The second-order valence-corrected chi connectivity index (χ2v) is 3.87. The fourth-order valence-corrected chi connectivity index (χ4v) is 1.39. The highest BCUT2D eigenvalue weighted by Gasteiger charge is 2.07. The van der Waals surface area contributed by atoms with Crippen LogP contribution in [-0.2, 0) is 4.79 Å². The van der Waals surface area contributed by atoms with Gasteiger partial charge in [0.15, 0.2) is 0 Å². The summed E-state index contributed by atoms with van der Waals surface area (Å²) in [7, 11) is 0. The van der Waals surface area contributed by atoms with Crippen molar-refractivity contribution in [2.75, 3.05) is 12.3 Å². The van der Waals surface area contributed by atoms with Crippen LogP contribution in [-0.4, -0.2) is 18.6 Å². The minimum atomic E-state index is -0.204. The van der Waals surface area contributed by atoms with E-state index in [1.54, 1.807) is 24.3 Å². The highest BCUT2D eigenvalue weighted by molar-refractivity contribution is 5.76. The second-order valence-electron chi connectivity index (χ2n) is 3.87. The Morgan fingerprint density at radius 3 is 3.00 bits per heavy atom. The number of rotatable bonds is 6. The number of hydrogen-bond donors (Lipinski definition) is 2. The highest BCUT2D eigenvalue weighted by Crippen LogP contribution is 2.14. The molecule has 1 atom stereocenters. The Hall–Kier alpha value is -2.15. The molecule has 0 aromatic heterocycles. The van der Waals surface area contributed by atoms with Gasteiger partial charge in [-0.2, -0.15) is 0 Å². The molecule has 0 aliphatic heterocycles. The van der Waals surface area contributed by atoms with Crippen LogP contribution in [0.25, 0.3) is 0 Å². The number of ether oxygens (including phenoxy) is 1. The molecule has 4 heteroatoms. The zero-order valence-corrected chi connectivity index (χ0v) is 10.5. The molecule has 18 heavy (non-hydrogen) atoms. The molecule has 1 amide bonds. The lowest BCUT2D eigenvalue weighted by atomic mass is 10.2. The Balaban J connectivity index is 2.30. The first kappa shape index (κ1) is 13.9. The van der Waals surface area contributed by atoms with E-state index >= 15 is 0 Å². The summed E-state index contributed by atoms with van der Waals surface area (Å²) in [6.07, 6.45) is 6.25. The van der Waals surface area contributed by atoms with Crippen LogP contribution in [0.2, 0.25) is 0 Å². The molecule has 0 saturated carbocycles. The molecule has 1 aromatic rings. The van der Waals surface area contributed by atoms with Gasteiger partial charge in [-0.05, 0) is 18.6 Å². The van der Waals surface area contributed by atoms with Crippen LogP contribution >= 0.6 is 0 Å². The summed E-state index contributed by atoms with van der Waals surface area (Å²) >= 11 is 0. The molecule has 0 aliphatic carbocycles. The lowest BCUT2D eigenvalue weighted by Crippen LogP contribution is -2.33. The summed E-state index contributed by atoms with van der Waals surface area (Å²) in [5.41, 5.74) is 6.25. The first-order valence-electron chi connectivity index (χ1n) is 5.89. The third-order valence-corrected chi connectivity index (χ3v) is 2.40. The molecule has 4 nitrogen and oxygen atoms in total. The van der Waals surface area contributed by atoms with Crippen molar-refractivity contribution in [2.45, 2.75) is 25.8 Å². The number of carbonyl (C=O) groups is 1. The Morgan fingerprint density at radius 1 is 1.61 bits per heavy atom. The Kier molecular flexibility index (Phi) is 5.59. The lowest BCUT2D eigenvalue weighted by Gasteiger charge is -2.11. The molecule has 3 N–H and O–H groups in total. The van der Waals surface area contributed by atoms with E-state index in [0.717, 1.165) is 6.42 Å². The monoisotopic (exact) mass is 246 g/mol. The van der Waals surface area contributed by atoms with Gasteiger partial charge in [0.05, 0.1) is 19.1 Å². The number of terminal acetylenes is 1. The van der Waals surface area contributed by atoms with E-state index in [-0.39, 0.29) is 18.4 Å². The van der Waals surface area contributed by atoms with E-state index in [9.17, 15) is 4.79 Å². The SMILES string of the molecule is C#CC(CC)NC(=O)CCOc1cccc(N)c1. The van der Waals surface area contributed by atoms with Crippen molar-refractivity contribution in [3.63, 3.8) is 0 Å². The van der Waals surface area contributed by atoms with Crippen LogP contribution in [0.15, 0.2) is 24.3 Å². The van der Waals surface area contributed by atoms with Gasteiger partial charge in [-0.1, -0.05) is 18.9 Å². The van der Waals surface area contributed by atoms with Gasteiger partial charge in [0, 0.05) is 11.8 Å². The van der Waals surface area contributed by atoms with Crippen LogP contribution in [0, 0.1) is 12.3 Å². The van der Waals surface area contributed by atoms with Crippen molar-refractivity contribution < 1.29 is 9.53 Å². The molecule has 1 aromatic carbocycles. The van der Waals surface area contributed by atoms with Gasteiger partial charge in [0.2, 0.25) is 5.91 Å². The molecule has 0 bridgehead atoms. The van der Waals surface area contributed by atoms with Crippen molar-refractivity contribution in [1.29, 1.82) is 0 Å². The molecule has 0 saturated heterocycles. The van der Waals surface area contributed by atoms with Crippen LogP contribution in [0.5, 0.6) is 5.75 Å². The van der Waals surface area contributed by atoms with Gasteiger partial charge in [0.1, 0.15) is 5.75 Å². The number of nitrogen functional groups attached to an aromatic ring is 1. The average Bonchev–Trinajstić information content (AvgIpc) is 2.36. The van der Waals surface area contributed by atoms with E-state index in [1.807, 2.05) is 6.92 Å². The average molecular weight is 246 g/mol. The normalized spacial score (nSPS) is 11.3. The van der Waals surface area contributed by atoms with Crippen LogP contribution in [0.4, 0.5) is 5.69 Å². The van der Waals surface area contributed by atoms with Crippen molar-refractivity contribution in [3.8, 4) is 18.1 Å². The third-order valence-electron chi connectivity index (χ3n) is 2.40. The zero-order valence-electron chi connectivity index (χ0n) is 10.5.